The van der Waals surface area contributed by atoms with Crippen LogP contribution in [-0.2, 0) is 39.7 Å². The molecule has 1 N–H and O–H groups in total. The van der Waals surface area contributed by atoms with Crippen molar-refractivity contribution in [2.45, 2.75) is 83.7 Å². The second-order valence-electron chi connectivity index (χ2n) is 11.8. The van der Waals surface area contributed by atoms with Gasteiger partial charge in [-0.1, -0.05) is 30.3 Å². The van der Waals surface area contributed by atoms with E-state index in [0.29, 0.717) is 12.2 Å². The second kappa shape index (κ2) is 11.8. The minimum absolute atomic E-state index is 0.0900. The topological polar surface area (TPSA) is 83.1 Å². The zero-order valence-electron chi connectivity index (χ0n) is 23.7. The highest BCUT2D eigenvalue weighted by atomic mass is 32.2. The molecule has 0 aliphatic carbocycles. The summed E-state index contributed by atoms with van der Waals surface area (Å²) in [5.41, 5.74) is 0.703. The molecular formula is C29H41FN2O5S. The van der Waals surface area contributed by atoms with E-state index in [4.69, 9.17) is 14.2 Å². The van der Waals surface area contributed by atoms with Gasteiger partial charge < -0.3 is 23.7 Å². The Morgan fingerprint density at radius 3 is 2.24 bits per heavy atom. The van der Waals surface area contributed by atoms with Gasteiger partial charge in [-0.3, -0.25) is 0 Å². The van der Waals surface area contributed by atoms with Crippen LogP contribution in [0.4, 0.5) is 9.18 Å². The van der Waals surface area contributed by atoms with Gasteiger partial charge in [0.1, 0.15) is 16.1 Å². The Morgan fingerprint density at radius 1 is 1.08 bits per heavy atom. The summed E-state index contributed by atoms with van der Waals surface area (Å²) in [7, 11) is 1.62. The molecule has 2 atom stereocenters. The lowest BCUT2D eigenvalue weighted by Gasteiger charge is -2.45. The molecule has 0 bridgehead atoms. The number of halogens is 1. The number of nitrogens with one attached hydrogen (secondary N) is 1. The van der Waals surface area contributed by atoms with Crippen molar-refractivity contribution in [3.05, 3.63) is 64.7 Å². The van der Waals surface area contributed by atoms with E-state index in [-0.39, 0.29) is 25.7 Å². The van der Waals surface area contributed by atoms with E-state index in [0.717, 1.165) is 22.4 Å². The van der Waals surface area contributed by atoms with Crippen LogP contribution in [0.2, 0.25) is 0 Å². The van der Waals surface area contributed by atoms with Crippen LogP contribution >= 0.6 is 0 Å². The van der Waals surface area contributed by atoms with Gasteiger partial charge in [0.15, 0.2) is 5.67 Å². The molecule has 1 aliphatic heterocycles. The van der Waals surface area contributed by atoms with Gasteiger partial charge in [0.25, 0.3) is 0 Å². The quantitative estimate of drug-likeness (QED) is 0.391. The maximum absolute atomic E-state index is 16.0. The molecule has 9 heteroatoms. The lowest BCUT2D eigenvalue weighted by atomic mass is 9.85. The predicted octanol–water partition coefficient (Wildman–Crippen LogP) is 5.94. The zero-order chi connectivity index (χ0) is 28.3. The summed E-state index contributed by atoms with van der Waals surface area (Å²) in [5.74, 6) is 0.773. The minimum Gasteiger partial charge on any atom is -0.598 e. The number of hydrogen-bond donors (Lipinski definition) is 1. The Bertz CT molecular complexity index is 1090. The SMILES string of the molecule is COc1ccc(COCc2cc([C@@H](C)N[S+]([O-])C(C)(C)C)cc(C3(F)CN(C(=O)OC(C)(C)C)C3)c2)cc1. The normalized spacial score (nSPS) is 16.9. The van der Waals surface area contributed by atoms with E-state index in [1.54, 1.807) is 40.0 Å². The third kappa shape index (κ3) is 8.09. The maximum Gasteiger partial charge on any atom is 0.410 e. The third-order valence-electron chi connectivity index (χ3n) is 6.10. The van der Waals surface area contributed by atoms with Crippen molar-refractivity contribution < 1.29 is 27.9 Å². The van der Waals surface area contributed by atoms with Crippen molar-refractivity contribution >= 4 is 17.5 Å². The average Bonchev–Trinajstić information content (AvgIpc) is 2.80. The summed E-state index contributed by atoms with van der Waals surface area (Å²) < 4.78 is 48.0. The summed E-state index contributed by atoms with van der Waals surface area (Å²) in [4.78, 5) is 13.8. The first-order chi connectivity index (χ1) is 17.6. The van der Waals surface area contributed by atoms with Crippen molar-refractivity contribution in [2.75, 3.05) is 20.2 Å². The lowest BCUT2D eigenvalue weighted by molar-refractivity contribution is -0.0538. The van der Waals surface area contributed by atoms with Gasteiger partial charge in [0, 0.05) is 11.4 Å². The standard InChI is InChI=1S/C29H41FN2O5S/c1-20(31-38(34)28(5,6)7)23-13-22(17-36-16-21-9-11-25(35-8)12-10-21)14-24(15-23)29(30)18-32(19-29)26(33)37-27(2,3)4/h9-15,20,31H,16-19H2,1-8H3/t20-,38?/m1/s1. The smallest absolute Gasteiger partial charge is 0.410 e. The van der Waals surface area contributed by atoms with Gasteiger partial charge in [-0.2, -0.15) is 0 Å². The van der Waals surface area contributed by atoms with E-state index in [9.17, 15) is 9.35 Å². The van der Waals surface area contributed by atoms with E-state index in [2.05, 4.69) is 4.72 Å². The lowest BCUT2D eigenvalue weighted by Crippen LogP contribution is -2.59. The fraction of sp³-hybridized carbons (Fsp3) is 0.552. The summed E-state index contributed by atoms with van der Waals surface area (Å²) in [5, 5.41) is 0. The number of ether oxygens (including phenoxy) is 3. The van der Waals surface area contributed by atoms with Crippen molar-refractivity contribution in [3.8, 4) is 5.75 Å². The molecule has 38 heavy (non-hydrogen) atoms. The predicted molar refractivity (Wildman–Crippen MR) is 148 cm³/mol. The number of rotatable bonds is 9. The fourth-order valence-corrected chi connectivity index (χ4v) is 4.73. The molecular weight excluding hydrogens is 507 g/mol. The van der Waals surface area contributed by atoms with Crippen molar-refractivity contribution in [3.63, 3.8) is 0 Å². The van der Waals surface area contributed by atoms with Crippen LogP contribution in [0.1, 0.15) is 76.8 Å². The molecule has 1 heterocycles. The molecule has 0 aromatic heterocycles. The van der Waals surface area contributed by atoms with E-state index >= 15 is 4.39 Å². The summed E-state index contributed by atoms with van der Waals surface area (Å²) >= 11 is -1.30. The number of likely N-dealkylation sites (tertiary alicyclic amines) is 1. The highest BCUT2D eigenvalue weighted by Gasteiger charge is 2.49. The maximum atomic E-state index is 16.0. The summed E-state index contributed by atoms with van der Waals surface area (Å²) in [6.45, 7) is 13.4. The number of amides is 1. The Balaban J connectivity index is 1.78. The summed E-state index contributed by atoms with van der Waals surface area (Å²) in [6.07, 6.45) is -0.527. The molecule has 1 unspecified atom stereocenters. The molecule has 3 rings (SSSR count). The molecule has 1 saturated heterocycles. The molecule has 0 spiro atoms. The number of carbonyl (C=O) groups excluding carboxylic acids is 1. The minimum atomic E-state index is -1.71. The van der Waals surface area contributed by atoms with Gasteiger partial charge in [-0.25, -0.2) is 9.18 Å². The number of carbonyl (C=O) groups is 1. The van der Waals surface area contributed by atoms with E-state index in [1.807, 2.05) is 58.0 Å². The van der Waals surface area contributed by atoms with Gasteiger partial charge in [-0.15, -0.1) is 4.72 Å². The first-order valence-electron chi connectivity index (χ1n) is 12.8. The van der Waals surface area contributed by atoms with Gasteiger partial charge >= 0.3 is 6.09 Å². The van der Waals surface area contributed by atoms with Crippen LogP contribution in [-0.4, -0.2) is 46.1 Å². The van der Waals surface area contributed by atoms with Crippen LogP contribution in [0, 0.1) is 0 Å². The van der Waals surface area contributed by atoms with Crippen LogP contribution in [0.3, 0.4) is 0 Å². The second-order valence-corrected chi connectivity index (χ2v) is 13.8. The molecule has 1 aliphatic rings. The molecule has 0 saturated carbocycles. The largest absolute Gasteiger partial charge is 0.598 e. The first-order valence-corrected chi connectivity index (χ1v) is 13.9. The van der Waals surface area contributed by atoms with Crippen molar-refractivity contribution in [1.29, 1.82) is 0 Å². The van der Waals surface area contributed by atoms with E-state index < -0.39 is 33.5 Å². The number of methoxy groups -OCH3 is 1. The number of alkyl halides is 1. The Morgan fingerprint density at radius 2 is 1.68 bits per heavy atom. The number of benzene rings is 2. The van der Waals surface area contributed by atoms with E-state index in [1.165, 1.54) is 4.90 Å². The highest BCUT2D eigenvalue weighted by molar-refractivity contribution is 7.90. The monoisotopic (exact) mass is 548 g/mol. The van der Waals surface area contributed by atoms with Crippen LogP contribution in [0.25, 0.3) is 0 Å². The molecule has 1 amide bonds. The van der Waals surface area contributed by atoms with Crippen LogP contribution in [0.5, 0.6) is 5.75 Å². The molecule has 2 aromatic carbocycles. The van der Waals surface area contributed by atoms with Crippen LogP contribution < -0.4 is 9.46 Å². The van der Waals surface area contributed by atoms with Crippen molar-refractivity contribution in [2.24, 2.45) is 0 Å². The molecule has 7 nitrogen and oxygen atoms in total. The Labute approximate surface area is 229 Å². The third-order valence-corrected chi connectivity index (χ3v) is 7.78. The van der Waals surface area contributed by atoms with Gasteiger partial charge in [-0.05, 0) is 82.9 Å². The molecule has 0 radical (unpaired) electrons. The first kappa shape index (κ1) is 30.2. The molecule has 210 valence electrons. The highest BCUT2D eigenvalue weighted by Crippen LogP contribution is 2.39. The fourth-order valence-electron chi connectivity index (χ4n) is 3.92. The molecule has 1 fully saturated rings. The van der Waals surface area contributed by atoms with Gasteiger partial charge in [0.05, 0.1) is 39.5 Å². The average molecular weight is 549 g/mol. The molecule has 2 aromatic rings. The van der Waals surface area contributed by atoms with Crippen molar-refractivity contribution in [1.82, 2.24) is 9.62 Å². The Kier molecular flexibility index (Phi) is 9.40. The Hall–Kier alpha value is -2.33. The summed E-state index contributed by atoms with van der Waals surface area (Å²) in [6, 6.07) is 12.9. The van der Waals surface area contributed by atoms with Crippen LogP contribution in [0.15, 0.2) is 42.5 Å². The zero-order valence-corrected chi connectivity index (χ0v) is 24.5. The number of hydrogen-bond acceptors (Lipinski definition) is 6. The number of nitrogens with zero attached hydrogens (tertiary/aromatic N) is 1. The van der Waals surface area contributed by atoms with Gasteiger partial charge in [0.2, 0.25) is 0 Å².